The third-order valence-electron chi connectivity index (χ3n) is 4.21. The van der Waals surface area contributed by atoms with Crippen molar-refractivity contribution < 1.29 is 14.4 Å². The van der Waals surface area contributed by atoms with E-state index in [1.807, 2.05) is 0 Å². The molecule has 0 saturated carbocycles. The Morgan fingerprint density at radius 2 is 1.69 bits per heavy atom. The summed E-state index contributed by atoms with van der Waals surface area (Å²) in [6, 6.07) is 6.47. The van der Waals surface area contributed by atoms with E-state index in [-0.39, 0.29) is 5.91 Å². The molecule has 0 heterocycles. The van der Waals surface area contributed by atoms with Gasteiger partial charge >= 0.3 is 0 Å². The zero-order chi connectivity index (χ0) is 19.0. The largest absolute Gasteiger partial charge is 0.277 e. The predicted octanol–water partition coefficient (Wildman–Crippen LogP) is 5.39. The Labute approximate surface area is 162 Å². The molecular weight excluding hydrogens is 352 g/mol. The van der Waals surface area contributed by atoms with Crippen molar-refractivity contribution in [1.29, 1.82) is 0 Å². The SMILES string of the molecule is CCCCCCCCCCCCONC(=O)c1cccc(N(Cl)C=O)c1. The molecule has 0 aliphatic carbocycles. The molecule has 0 aliphatic heterocycles. The Balaban J connectivity index is 2.06. The first-order chi connectivity index (χ1) is 12.7. The van der Waals surface area contributed by atoms with Crippen LogP contribution in [0, 0.1) is 0 Å². The number of hydroxylamine groups is 1. The molecule has 0 radical (unpaired) electrons. The number of benzene rings is 1. The molecule has 0 saturated heterocycles. The Morgan fingerprint density at radius 3 is 2.31 bits per heavy atom. The molecule has 0 aliphatic rings. The first-order valence-corrected chi connectivity index (χ1v) is 9.95. The number of hydrogen-bond acceptors (Lipinski definition) is 3. The summed E-state index contributed by atoms with van der Waals surface area (Å²) in [4.78, 5) is 27.9. The van der Waals surface area contributed by atoms with Crippen molar-refractivity contribution in [2.24, 2.45) is 0 Å². The highest BCUT2D eigenvalue weighted by molar-refractivity contribution is 6.33. The summed E-state index contributed by atoms with van der Waals surface area (Å²) in [5, 5.41) is 0. The van der Waals surface area contributed by atoms with Crippen molar-refractivity contribution in [2.75, 3.05) is 11.0 Å². The minimum Gasteiger partial charge on any atom is -0.277 e. The lowest BCUT2D eigenvalue weighted by Gasteiger charge is -2.10. The summed E-state index contributed by atoms with van der Waals surface area (Å²) in [5.41, 5.74) is 3.25. The van der Waals surface area contributed by atoms with E-state index in [4.69, 9.17) is 16.6 Å². The molecule has 2 amide bonds. The maximum atomic E-state index is 12.0. The van der Waals surface area contributed by atoms with Gasteiger partial charge in [-0.3, -0.25) is 14.4 Å². The first-order valence-electron chi connectivity index (χ1n) is 9.61. The van der Waals surface area contributed by atoms with Crippen LogP contribution in [0.5, 0.6) is 0 Å². The Kier molecular flexibility index (Phi) is 12.6. The van der Waals surface area contributed by atoms with Crippen molar-refractivity contribution in [3.05, 3.63) is 29.8 Å². The van der Waals surface area contributed by atoms with Crippen molar-refractivity contribution in [3.8, 4) is 0 Å². The van der Waals surface area contributed by atoms with Gasteiger partial charge in [-0.25, -0.2) is 9.90 Å². The highest BCUT2D eigenvalue weighted by Gasteiger charge is 2.08. The quantitative estimate of drug-likeness (QED) is 0.191. The zero-order valence-corrected chi connectivity index (χ0v) is 16.5. The molecule has 6 heteroatoms. The van der Waals surface area contributed by atoms with Gasteiger partial charge in [0.2, 0.25) is 6.41 Å². The maximum Gasteiger partial charge on any atom is 0.274 e. The fourth-order valence-corrected chi connectivity index (χ4v) is 2.78. The van der Waals surface area contributed by atoms with E-state index in [9.17, 15) is 9.59 Å². The topological polar surface area (TPSA) is 58.6 Å². The van der Waals surface area contributed by atoms with Gasteiger partial charge < -0.3 is 0 Å². The van der Waals surface area contributed by atoms with Gasteiger partial charge in [0.05, 0.1) is 12.3 Å². The van der Waals surface area contributed by atoms with E-state index < -0.39 is 0 Å². The maximum absolute atomic E-state index is 12.0. The van der Waals surface area contributed by atoms with Crippen LogP contribution in [0.4, 0.5) is 5.69 Å². The van der Waals surface area contributed by atoms with E-state index in [1.54, 1.807) is 18.2 Å². The Hall–Kier alpha value is -1.59. The van der Waals surface area contributed by atoms with Crippen LogP contribution >= 0.6 is 11.8 Å². The van der Waals surface area contributed by atoms with Crippen LogP contribution in [-0.2, 0) is 9.63 Å². The van der Waals surface area contributed by atoms with Crippen LogP contribution in [-0.4, -0.2) is 18.9 Å². The lowest BCUT2D eigenvalue weighted by atomic mass is 10.1. The number of nitrogens with one attached hydrogen (secondary N) is 1. The van der Waals surface area contributed by atoms with Crippen molar-refractivity contribution in [1.82, 2.24) is 5.48 Å². The highest BCUT2D eigenvalue weighted by atomic mass is 35.5. The molecule has 0 spiro atoms. The van der Waals surface area contributed by atoms with Gasteiger partial charge in [0.1, 0.15) is 0 Å². The summed E-state index contributed by atoms with van der Waals surface area (Å²) in [7, 11) is 0. The Bertz CT molecular complexity index is 526. The van der Waals surface area contributed by atoms with Gasteiger partial charge in [0.15, 0.2) is 0 Å². The zero-order valence-electron chi connectivity index (χ0n) is 15.7. The fraction of sp³-hybridized carbons (Fsp3) is 0.600. The molecule has 0 unspecified atom stereocenters. The third kappa shape index (κ3) is 9.78. The van der Waals surface area contributed by atoms with E-state index in [1.165, 1.54) is 57.4 Å². The standard InChI is InChI=1S/C20H31ClN2O3/c1-2-3-4-5-6-7-8-9-10-11-15-26-22-20(25)18-13-12-14-19(16-18)23(21)17-24/h12-14,16-17H,2-11,15H2,1H3,(H,22,25). The average Bonchev–Trinajstić information content (AvgIpc) is 2.68. The van der Waals surface area contributed by atoms with Crippen molar-refractivity contribution in [2.45, 2.75) is 71.1 Å². The summed E-state index contributed by atoms with van der Waals surface area (Å²) in [6.07, 6.45) is 13.0. The van der Waals surface area contributed by atoms with Crippen molar-refractivity contribution >= 4 is 29.8 Å². The van der Waals surface area contributed by atoms with Crippen molar-refractivity contribution in [3.63, 3.8) is 0 Å². The van der Waals surface area contributed by atoms with E-state index in [0.29, 0.717) is 24.3 Å². The van der Waals surface area contributed by atoms with Gasteiger partial charge in [-0.1, -0.05) is 70.8 Å². The lowest BCUT2D eigenvalue weighted by molar-refractivity contribution is -0.106. The van der Waals surface area contributed by atoms with E-state index in [0.717, 1.165) is 17.3 Å². The molecule has 1 aromatic carbocycles. The van der Waals surface area contributed by atoms with Gasteiger partial charge in [-0.05, 0) is 24.6 Å². The molecule has 5 nitrogen and oxygen atoms in total. The first kappa shape index (κ1) is 22.5. The van der Waals surface area contributed by atoms with Gasteiger partial charge in [0, 0.05) is 17.3 Å². The number of unbranched alkanes of at least 4 members (excludes halogenated alkanes) is 9. The predicted molar refractivity (Wildman–Crippen MR) is 106 cm³/mol. The van der Waals surface area contributed by atoms with Gasteiger partial charge in [-0.15, -0.1) is 0 Å². The average molecular weight is 383 g/mol. The molecule has 0 fully saturated rings. The minimum absolute atomic E-state index is 0.352. The van der Waals surface area contributed by atoms with Crippen LogP contribution in [0.3, 0.4) is 0 Å². The smallest absolute Gasteiger partial charge is 0.274 e. The number of carbonyl (C=O) groups excluding carboxylic acids is 2. The number of anilines is 1. The summed E-state index contributed by atoms with van der Waals surface area (Å²) < 4.78 is 0.890. The molecule has 1 N–H and O–H groups in total. The van der Waals surface area contributed by atoms with Crippen LogP contribution in [0.15, 0.2) is 24.3 Å². The van der Waals surface area contributed by atoms with Crippen LogP contribution in [0.25, 0.3) is 0 Å². The number of rotatable bonds is 15. The molecule has 0 bridgehead atoms. The molecule has 0 aromatic heterocycles. The monoisotopic (exact) mass is 382 g/mol. The molecule has 1 rings (SSSR count). The molecule has 26 heavy (non-hydrogen) atoms. The molecular formula is C20H31ClN2O3. The molecule has 146 valence electrons. The second-order valence-electron chi connectivity index (χ2n) is 6.43. The normalized spacial score (nSPS) is 10.5. The van der Waals surface area contributed by atoms with Crippen LogP contribution in [0.1, 0.15) is 81.5 Å². The van der Waals surface area contributed by atoms with E-state index in [2.05, 4.69) is 12.4 Å². The number of amides is 2. The minimum atomic E-state index is -0.352. The van der Waals surface area contributed by atoms with Gasteiger partial charge in [-0.2, -0.15) is 0 Å². The van der Waals surface area contributed by atoms with Crippen LogP contribution in [0.2, 0.25) is 0 Å². The molecule has 0 atom stereocenters. The van der Waals surface area contributed by atoms with Crippen LogP contribution < -0.4 is 9.90 Å². The number of halogens is 1. The highest BCUT2D eigenvalue weighted by Crippen LogP contribution is 2.16. The summed E-state index contributed by atoms with van der Waals surface area (Å²) in [5.74, 6) is -0.352. The Morgan fingerprint density at radius 1 is 1.08 bits per heavy atom. The van der Waals surface area contributed by atoms with E-state index >= 15 is 0 Å². The fourth-order valence-electron chi connectivity index (χ4n) is 2.68. The number of nitrogens with zero attached hydrogens (tertiary/aromatic N) is 1. The number of carbonyl (C=O) groups is 2. The number of hydrogen-bond donors (Lipinski definition) is 1. The summed E-state index contributed by atoms with van der Waals surface area (Å²) >= 11 is 5.70. The summed E-state index contributed by atoms with van der Waals surface area (Å²) in [6.45, 7) is 2.74. The van der Waals surface area contributed by atoms with Gasteiger partial charge in [0.25, 0.3) is 5.91 Å². The third-order valence-corrected chi connectivity index (χ3v) is 4.49. The second kappa shape index (κ2) is 14.6. The lowest BCUT2D eigenvalue weighted by Crippen LogP contribution is -2.24. The molecule has 1 aromatic rings. The second-order valence-corrected chi connectivity index (χ2v) is 6.79.